The summed E-state index contributed by atoms with van der Waals surface area (Å²) in [6, 6.07) is 15.3. The SMILES string of the molecule is Nc1ncnc2c1c(-c1ccc3ccccc3c1)cn2C1CCN(CCO)CC1. The molecule has 3 N–H and O–H groups in total. The summed E-state index contributed by atoms with van der Waals surface area (Å²) in [5, 5.41) is 12.6. The molecule has 1 aliphatic rings. The maximum atomic E-state index is 9.20. The molecule has 6 heteroatoms. The van der Waals surface area contributed by atoms with Gasteiger partial charge in [-0.2, -0.15) is 0 Å². The van der Waals surface area contributed by atoms with Crippen LogP contribution in [-0.2, 0) is 0 Å². The summed E-state index contributed by atoms with van der Waals surface area (Å²) >= 11 is 0. The number of fused-ring (bicyclic) bond motifs is 2. The first-order chi connectivity index (χ1) is 14.2. The Morgan fingerprint density at radius 1 is 1.03 bits per heavy atom. The molecular weight excluding hydrogens is 362 g/mol. The van der Waals surface area contributed by atoms with Crippen molar-refractivity contribution in [3.63, 3.8) is 0 Å². The van der Waals surface area contributed by atoms with Gasteiger partial charge in [-0.1, -0.05) is 36.4 Å². The summed E-state index contributed by atoms with van der Waals surface area (Å²) in [7, 11) is 0. The van der Waals surface area contributed by atoms with E-state index in [1.54, 1.807) is 6.33 Å². The topological polar surface area (TPSA) is 80.2 Å². The van der Waals surface area contributed by atoms with Crippen molar-refractivity contribution in [3.8, 4) is 11.1 Å². The number of nitrogen functional groups attached to an aromatic ring is 1. The monoisotopic (exact) mass is 387 g/mol. The Balaban J connectivity index is 1.59. The molecule has 1 saturated heterocycles. The van der Waals surface area contributed by atoms with Crippen molar-refractivity contribution in [3.05, 3.63) is 55.0 Å². The molecule has 29 heavy (non-hydrogen) atoms. The highest BCUT2D eigenvalue weighted by molar-refractivity contribution is 6.02. The van der Waals surface area contributed by atoms with Crippen LogP contribution in [0, 0.1) is 0 Å². The highest BCUT2D eigenvalue weighted by Crippen LogP contribution is 2.37. The van der Waals surface area contributed by atoms with Crippen molar-refractivity contribution in [1.29, 1.82) is 0 Å². The van der Waals surface area contributed by atoms with Crippen molar-refractivity contribution < 1.29 is 5.11 Å². The molecule has 0 spiro atoms. The molecule has 3 heterocycles. The zero-order valence-electron chi connectivity index (χ0n) is 16.3. The highest BCUT2D eigenvalue weighted by atomic mass is 16.3. The third kappa shape index (κ3) is 3.24. The van der Waals surface area contributed by atoms with Crippen LogP contribution in [0.2, 0.25) is 0 Å². The summed E-state index contributed by atoms with van der Waals surface area (Å²) in [5.41, 5.74) is 9.43. The lowest BCUT2D eigenvalue weighted by atomic mass is 10.0. The quantitative estimate of drug-likeness (QED) is 0.561. The predicted molar refractivity (Wildman–Crippen MR) is 117 cm³/mol. The van der Waals surface area contributed by atoms with Gasteiger partial charge in [0.1, 0.15) is 17.8 Å². The van der Waals surface area contributed by atoms with Gasteiger partial charge in [-0.3, -0.25) is 0 Å². The van der Waals surface area contributed by atoms with Gasteiger partial charge in [0, 0.05) is 37.4 Å². The zero-order chi connectivity index (χ0) is 19.8. The van der Waals surface area contributed by atoms with Crippen LogP contribution in [0.25, 0.3) is 32.9 Å². The number of hydrogen-bond acceptors (Lipinski definition) is 5. The van der Waals surface area contributed by atoms with Crippen LogP contribution in [0.15, 0.2) is 55.0 Å². The molecule has 0 aliphatic carbocycles. The van der Waals surface area contributed by atoms with E-state index in [1.165, 1.54) is 10.8 Å². The van der Waals surface area contributed by atoms with E-state index in [2.05, 4.69) is 68.1 Å². The Bertz CT molecular complexity index is 1160. The van der Waals surface area contributed by atoms with Gasteiger partial charge in [-0.05, 0) is 35.2 Å². The number of likely N-dealkylation sites (tertiary alicyclic amines) is 1. The number of aromatic nitrogens is 3. The van der Waals surface area contributed by atoms with Crippen LogP contribution in [0.3, 0.4) is 0 Å². The minimum absolute atomic E-state index is 0.215. The highest BCUT2D eigenvalue weighted by Gasteiger charge is 2.24. The number of piperidine rings is 1. The third-order valence-electron chi connectivity index (χ3n) is 6.07. The molecule has 0 bridgehead atoms. The van der Waals surface area contributed by atoms with Gasteiger partial charge < -0.3 is 20.3 Å². The molecule has 2 aromatic carbocycles. The lowest BCUT2D eigenvalue weighted by Gasteiger charge is -2.32. The summed E-state index contributed by atoms with van der Waals surface area (Å²) in [6.45, 7) is 2.93. The molecule has 0 amide bonds. The standard InChI is InChI=1S/C23H25N5O/c24-22-21-20(18-6-5-16-3-1-2-4-17(16)13-18)14-28(23(21)26-15-25-22)19-7-9-27(10-8-19)11-12-29/h1-6,13-15,19,29H,7-12H2,(H2,24,25,26). The fourth-order valence-electron chi connectivity index (χ4n) is 4.52. The molecule has 0 radical (unpaired) electrons. The molecule has 0 saturated carbocycles. The van der Waals surface area contributed by atoms with Crippen molar-refractivity contribution in [1.82, 2.24) is 19.4 Å². The number of rotatable bonds is 4. The molecule has 0 unspecified atom stereocenters. The lowest BCUT2D eigenvalue weighted by molar-refractivity contribution is 0.150. The normalized spacial score (nSPS) is 16.0. The molecular formula is C23H25N5O. The fraction of sp³-hybridized carbons (Fsp3) is 0.304. The summed E-state index contributed by atoms with van der Waals surface area (Å²) in [5.74, 6) is 0.523. The van der Waals surface area contributed by atoms with E-state index in [0.29, 0.717) is 11.9 Å². The number of nitrogens with two attached hydrogens (primary N) is 1. The van der Waals surface area contributed by atoms with Crippen molar-refractivity contribution in [2.75, 3.05) is 32.0 Å². The number of aliphatic hydroxyl groups excluding tert-OH is 1. The van der Waals surface area contributed by atoms with E-state index in [0.717, 1.165) is 54.6 Å². The minimum atomic E-state index is 0.215. The Morgan fingerprint density at radius 2 is 1.83 bits per heavy atom. The molecule has 6 nitrogen and oxygen atoms in total. The van der Waals surface area contributed by atoms with Crippen LogP contribution in [0.5, 0.6) is 0 Å². The average Bonchev–Trinajstić information content (AvgIpc) is 3.15. The van der Waals surface area contributed by atoms with E-state index in [-0.39, 0.29) is 6.61 Å². The van der Waals surface area contributed by atoms with Crippen LogP contribution in [0.1, 0.15) is 18.9 Å². The Kier molecular flexibility index (Phi) is 4.66. The zero-order valence-corrected chi connectivity index (χ0v) is 16.3. The van der Waals surface area contributed by atoms with Crippen molar-refractivity contribution in [2.24, 2.45) is 0 Å². The fourth-order valence-corrected chi connectivity index (χ4v) is 4.52. The van der Waals surface area contributed by atoms with Crippen LogP contribution < -0.4 is 5.73 Å². The summed E-state index contributed by atoms with van der Waals surface area (Å²) in [6.07, 6.45) is 5.82. The molecule has 148 valence electrons. The van der Waals surface area contributed by atoms with Gasteiger partial charge in [0.2, 0.25) is 0 Å². The third-order valence-corrected chi connectivity index (χ3v) is 6.07. The Hall–Kier alpha value is -2.96. The first-order valence-electron chi connectivity index (χ1n) is 10.2. The van der Waals surface area contributed by atoms with Gasteiger partial charge in [0.25, 0.3) is 0 Å². The maximum Gasteiger partial charge on any atom is 0.146 e. The number of β-amino-alcohol motifs (C(OH)–C–C–N with tert-alkyl or cyclic N) is 1. The molecule has 5 rings (SSSR count). The second-order valence-electron chi connectivity index (χ2n) is 7.77. The Morgan fingerprint density at radius 3 is 2.62 bits per heavy atom. The predicted octanol–water partition coefficient (Wildman–Crippen LogP) is 3.46. The van der Waals surface area contributed by atoms with Crippen molar-refractivity contribution >= 4 is 27.6 Å². The second-order valence-corrected chi connectivity index (χ2v) is 7.77. The lowest BCUT2D eigenvalue weighted by Crippen LogP contribution is -2.36. The first-order valence-corrected chi connectivity index (χ1v) is 10.2. The minimum Gasteiger partial charge on any atom is -0.395 e. The van der Waals surface area contributed by atoms with Crippen LogP contribution in [-0.4, -0.2) is 50.8 Å². The molecule has 0 atom stereocenters. The first kappa shape index (κ1) is 18.1. The van der Waals surface area contributed by atoms with Crippen LogP contribution in [0.4, 0.5) is 5.82 Å². The van der Waals surface area contributed by atoms with E-state index in [4.69, 9.17) is 5.73 Å². The van der Waals surface area contributed by atoms with Gasteiger partial charge in [0.05, 0.1) is 12.0 Å². The van der Waals surface area contributed by atoms with E-state index in [9.17, 15) is 5.11 Å². The second kappa shape index (κ2) is 7.46. The van der Waals surface area contributed by atoms with E-state index < -0.39 is 0 Å². The number of aliphatic hydroxyl groups is 1. The largest absolute Gasteiger partial charge is 0.395 e. The molecule has 2 aromatic heterocycles. The van der Waals surface area contributed by atoms with E-state index >= 15 is 0 Å². The molecule has 1 fully saturated rings. The van der Waals surface area contributed by atoms with Gasteiger partial charge in [0.15, 0.2) is 0 Å². The van der Waals surface area contributed by atoms with Crippen molar-refractivity contribution in [2.45, 2.75) is 18.9 Å². The summed E-state index contributed by atoms with van der Waals surface area (Å²) in [4.78, 5) is 11.2. The summed E-state index contributed by atoms with van der Waals surface area (Å²) < 4.78 is 2.29. The van der Waals surface area contributed by atoms with Crippen LogP contribution >= 0.6 is 0 Å². The average molecular weight is 387 g/mol. The van der Waals surface area contributed by atoms with Gasteiger partial charge in [-0.15, -0.1) is 0 Å². The number of hydrogen-bond donors (Lipinski definition) is 2. The van der Waals surface area contributed by atoms with Gasteiger partial charge >= 0.3 is 0 Å². The maximum absolute atomic E-state index is 9.20. The number of anilines is 1. The smallest absolute Gasteiger partial charge is 0.146 e. The number of nitrogens with zero attached hydrogens (tertiary/aromatic N) is 4. The molecule has 4 aromatic rings. The Labute approximate surface area is 169 Å². The molecule has 1 aliphatic heterocycles. The number of benzene rings is 2. The van der Waals surface area contributed by atoms with Gasteiger partial charge in [-0.25, -0.2) is 9.97 Å². The van der Waals surface area contributed by atoms with E-state index in [1.807, 2.05) is 0 Å².